The highest BCUT2D eigenvalue weighted by atomic mass is 16.5. The van der Waals surface area contributed by atoms with Crippen molar-refractivity contribution in [3.63, 3.8) is 0 Å². The van der Waals surface area contributed by atoms with E-state index in [1.165, 1.54) is 0 Å². The molecule has 7 heteroatoms. The largest absolute Gasteiger partial charge is 0.497 e. The van der Waals surface area contributed by atoms with Gasteiger partial charge in [-0.25, -0.2) is 4.68 Å². The van der Waals surface area contributed by atoms with Gasteiger partial charge in [-0.15, -0.1) is 0 Å². The second kappa shape index (κ2) is 11.6. The van der Waals surface area contributed by atoms with Gasteiger partial charge < -0.3 is 19.1 Å². The molecule has 4 rings (SSSR count). The van der Waals surface area contributed by atoms with E-state index >= 15 is 0 Å². The van der Waals surface area contributed by atoms with Crippen molar-refractivity contribution >= 4 is 5.91 Å². The lowest BCUT2D eigenvalue weighted by atomic mass is 10.0. The van der Waals surface area contributed by atoms with Gasteiger partial charge in [0.2, 0.25) is 5.88 Å². The number of carbonyl (C=O) groups excluding carboxylic acids is 1. The molecule has 0 aliphatic carbocycles. The molecule has 3 aromatic carbocycles. The summed E-state index contributed by atoms with van der Waals surface area (Å²) in [4.78, 5) is 15.7. The number of rotatable bonds is 10. The summed E-state index contributed by atoms with van der Waals surface area (Å²) in [6.45, 7) is 4.46. The maximum atomic E-state index is 13.8. The Labute approximate surface area is 218 Å². The number of aryl methyl sites for hydroxylation is 1. The topological polar surface area (TPSA) is 65.8 Å². The first-order valence-corrected chi connectivity index (χ1v) is 12.3. The molecule has 37 heavy (non-hydrogen) atoms. The molecule has 4 aromatic rings. The molecule has 0 saturated carbocycles. The fraction of sp³-hybridized carbons (Fsp3) is 0.267. The Morgan fingerprint density at radius 2 is 1.59 bits per heavy atom. The van der Waals surface area contributed by atoms with Gasteiger partial charge in [0.25, 0.3) is 5.91 Å². The lowest BCUT2D eigenvalue weighted by molar-refractivity contribution is 0.0670. The standard InChI is InChI=1S/C30H33N3O4/c1-6-21(2)33(29(34)23-13-10-14-26(19-23)36-5)20-27-28(22-11-8-7-9-12-22)31-32(3)30(27)37-25-17-15-24(35-4)16-18-25/h7-19,21H,6,20H2,1-5H3/t21-/m0/s1. The summed E-state index contributed by atoms with van der Waals surface area (Å²) in [5.74, 6) is 2.54. The smallest absolute Gasteiger partial charge is 0.254 e. The van der Waals surface area contributed by atoms with Crippen molar-refractivity contribution in [2.45, 2.75) is 32.9 Å². The van der Waals surface area contributed by atoms with Crippen LogP contribution in [0.4, 0.5) is 0 Å². The Kier molecular flexibility index (Phi) is 8.13. The molecule has 0 bridgehead atoms. The van der Waals surface area contributed by atoms with E-state index in [4.69, 9.17) is 19.3 Å². The minimum Gasteiger partial charge on any atom is -0.497 e. The summed E-state index contributed by atoms with van der Waals surface area (Å²) < 4.78 is 18.7. The molecule has 0 aliphatic heterocycles. The predicted molar refractivity (Wildman–Crippen MR) is 144 cm³/mol. The van der Waals surface area contributed by atoms with E-state index in [0.717, 1.165) is 29.0 Å². The molecule has 0 N–H and O–H groups in total. The maximum absolute atomic E-state index is 13.8. The first kappa shape index (κ1) is 25.8. The number of nitrogens with zero attached hydrogens (tertiary/aromatic N) is 3. The van der Waals surface area contributed by atoms with Gasteiger partial charge in [-0.2, -0.15) is 5.10 Å². The number of benzene rings is 3. The van der Waals surface area contributed by atoms with Crippen LogP contribution in [0.15, 0.2) is 78.9 Å². The van der Waals surface area contributed by atoms with E-state index < -0.39 is 0 Å². The number of hydrogen-bond donors (Lipinski definition) is 0. The van der Waals surface area contributed by atoms with E-state index in [1.54, 1.807) is 25.0 Å². The summed E-state index contributed by atoms with van der Waals surface area (Å²) in [5.41, 5.74) is 3.14. The molecule has 1 aromatic heterocycles. The molecule has 1 amide bonds. The van der Waals surface area contributed by atoms with Gasteiger partial charge in [0, 0.05) is 24.2 Å². The van der Waals surface area contributed by atoms with Gasteiger partial charge in [-0.1, -0.05) is 43.3 Å². The minimum absolute atomic E-state index is 0.0173. The van der Waals surface area contributed by atoms with Crippen LogP contribution in [0.2, 0.25) is 0 Å². The average Bonchev–Trinajstić information content (AvgIpc) is 3.26. The lowest BCUT2D eigenvalue weighted by Crippen LogP contribution is -2.38. The lowest BCUT2D eigenvalue weighted by Gasteiger charge is -2.29. The van der Waals surface area contributed by atoms with Crippen molar-refractivity contribution in [3.05, 3.63) is 90.0 Å². The first-order chi connectivity index (χ1) is 17.9. The molecular weight excluding hydrogens is 466 g/mol. The highest BCUT2D eigenvalue weighted by molar-refractivity contribution is 5.95. The van der Waals surface area contributed by atoms with E-state index in [-0.39, 0.29) is 11.9 Å². The zero-order valence-electron chi connectivity index (χ0n) is 22.0. The molecule has 1 atom stereocenters. The summed E-state index contributed by atoms with van der Waals surface area (Å²) in [5, 5.41) is 4.82. The van der Waals surface area contributed by atoms with Gasteiger partial charge in [0.1, 0.15) is 22.9 Å². The van der Waals surface area contributed by atoms with Crippen molar-refractivity contribution < 1.29 is 19.0 Å². The molecule has 192 valence electrons. The van der Waals surface area contributed by atoms with Gasteiger partial charge in [-0.05, 0) is 55.8 Å². The highest BCUT2D eigenvalue weighted by Gasteiger charge is 2.27. The summed E-state index contributed by atoms with van der Waals surface area (Å²) >= 11 is 0. The predicted octanol–water partition coefficient (Wildman–Crippen LogP) is 6.34. The first-order valence-electron chi connectivity index (χ1n) is 12.3. The Morgan fingerprint density at radius 3 is 2.24 bits per heavy atom. The second-order valence-electron chi connectivity index (χ2n) is 8.82. The molecule has 1 heterocycles. The third kappa shape index (κ3) is 5.77. The number of hydrogen-bond acceptors (Lipinski definition) is 5. The van der Waals surface area contributed by atoms with Gasteiger partial charge in [0.05, 0.1) is 26.3 Å². The number of aromatic nitrogens is 2. The molecule has 0 saturated heterocycles. The van der Waals surface area contributed by atoms with E-state index in [0.29, 0.717) is 29.5 Å². The van der Waals surface area contributed by atoms with Gasteiger partial charge >= 0.3 is 0 Å². The fourth-order valence-corrected chi connectivity index (χ4v) is 4.15. The van der Waals surface area contributed by atoms with Crippen LogP contribution in [-0.4, -0.2) is 40.8 Å². The van der Waals surface area contributed by atoms with E-state index in [2.05, 4.69) is 13.8 Å². The summed E-state index contributed by atoms with van der Waals surface area (Å²) in [6.07, 6.45) is 0.797. The molecule has 0 spiro atoms. The fourth-order valence-electron chi connectivity index (χ4n) is 4.15. The third-order valence-corrected chi connectivity index (χ3v) is 6.44. The average molecular weight is 500 g/mol. The maximum Gasteiger partial charge on any atom is 0.254 e. The van der Waals surface area contributed by atoms with Crippen molar-refractivity contribution in [1.82, 2.24) is 14.7 Å². The van der Waals surface area contributed by atoms with Crippen LogP contribution < -0.4 is 14.2 Å². The number of methoxy groups -OCH3 is 2. The Morgan fingerprint density at radius 1 is 0.919 bits per heavy atom. The quantitative estimate of drug-likeness (QED) is 0.255. The zero-order valence-corrected chi connectivity index (χ0v) is 22.0. The molecule has 0 aliphatic rings. The Hall–Kier alpha value is -4.26. The Balaban J connectivity index is 1.78. The molecule has 0 fully saturated rings. The summed E-state index contributed by atoms with van der Waals surface area (Å²) in [6, 6.07) is 24.6. The molecular formula is C30H33N3O4. The third-order valence-electron chi connectivity index (χ3n) is 6.44. The monoisotopic (exact) mass is 499 g/mol. The van der Waals surface area contributed by atoms with Crippen molar-refractivity contribution in [3.8, 4) is 34.4 Å². The van der Waals surface area contributed by atoms with Crippen LogP contribution >= 0.6 is 0 Å². The Bertz CT molecular complexity index is 1330. The SMILES string of the molecule is CC[C@H](C)N(Cc1c(-c2ccccc2)nn(C)c1Oc1ccc(OC)cc1)C(=O)c1cccc(OC)c1. The minimum atomic E-state index is -0.0773. The highest BCUT2D eigenvalue weighted by Crippen LogP contribution is 2.35. The molecule has 7 nitrogen and oxygen atoms in total. The molecule has 0 radical (unpaired) electrons. The van der Waals surface area contributed by atoms with Crippen LogP contribution in [-0.2, 0) is 13.6 Å². The second-order valence-corrected chi connectivity index (χ2v) is 8.82. The van der Waals surface area contributed by atoms with Crippen LogP contribution in [0.1, 0.15) is 36.2 Å². The number of ether oxygens (including phenoxy) is 3. The zero-order chi connectivity index (χ0) is 26.4. The van der Waals surface area contributed by atoms with Crippen LogP contribution in [0.25, 0.3) is 11.3 Å². The van der Waals surface area contributed by atoms with E-state index in [1.807, 2.05) is 84.7 Å². The van der Waals surface area contributed by atoms with Crippen molar-refractivity contribution in [2.24, 2.45) is 7.05 Å². The number of carbonyl (C=O) groups is 1. The van der Waals surface area contributed by atoms with Crippen LogP contribution in [0, 0.1) is 0 Å². The van der Waals surface area contributed by atoms with E-state index in [9.17, 15) is 4.79 Å². The van der Waals surface area contributed by atoms with Gasteiger partial charge in [-0.3, -0.25) is 4.79 Å². The van der Waals surface area contributed by atoms with Crippen molar-refractivity contribution in [1.29, 1.82) is 0 Å². The van der Waals surface area contributed by atoms with Crippen LogP contribution in [0.5, 0.6) is 23.1 Å². The van der Waals surface area contributed by atoms with Crippen molar-refractivity contribution in [2.75, 3.05) is 14.2 Å². The van der Waals surface area contributed by atoms with Crippen LogP contribution in [0.3, 0.4) is 0 Å². The van der Waals surface area contributed by atoms with Gasteiger partial charge in [0.15, 0.2) is 0 Å². The normalized spacial score (nSPS) is 11.6. The molecule has 0 unspecified atom stereocenters. The summed E-state index contributed by atoms with van der Waals surface area (Å²) in [7, 11) is 5.08. The number of amides is 1.